The summed E-state index contributed by atoms with van der Waals surface area (Å²) in [5.41, 5.74) is 3.83. The van der Waals surface area contributed by atoms with Gasteiger partial charge in [0, 0.05) is 35.6 Å². The second-order valence-electron chi connectivity index (χ2n) is 8.85. The van der Waals surface area contributed by atoms with Crippen molar-refractivity contribution in [3.05, 3.63) is 101 Å². The van der Waals surface area contributed by atoms with E-state index in [1.807, 2.05) is 6.92 Å². The molecule has 0 unspecified atom stereocenters. The average Bonchev–Trinajstić information content (AvgIpc) is 3.54. The van der Waals surface area contributed by atoms with Crippen LogP contribution in [-0.2, 0) is 13.1 Å². The summed E-state index contributed by atoms with van der Waals surface area (Å²) in [7, 11) is 1.58. The number of nitrogens with zero attached hydrogens (tertiary/aromatic N) is 3. The molecule has 1 atom stereocenters. The number of H-pyrrole nitrogens is 1. The quantitative estimate of drug-likeness (QED) is 0.421. The lowest BCUT2D eigenvalue weighted by Gasteiger charge is -2.32. The summed E-state index contributed by atoms with van der Waals surface area (Å²) >= 11 is 0. The van der Waals surface area contributed by atoms with Crippen molar-refractivity contribution in [1.82, 2.24) is 19.7 Å². The Hall–Kier alpha value is -4.40. The molecule has 0 saturated carbocycles. The van der Waals surface area contributed by atoms with Crippen molar-refractivity contribution in [3.8, 4) is 5.75 Å². The predicted octanol–water partition coefficient (Wildman–Crippen LogP) is 4.42. The molecule has 1 aliphatic rings. The number of anilines is 1. The second kappa shape index (κ2) is 9.69. The maximum Gasteiger partial charge on any atom is 0.276 e. The van der Waals surface area contributed by atoms with Gasteiger partial charge in [-0.3, -0.25) is 14.3 Å². The van der Waals surface area contributed by atoms with Gasteiger partial charge in [-0.05, 0) is 54.1 Å². The first kappa shape index (κ1) is 23.3. The first-order chi connectivity index (χ1) is 17.4. The van der Waals surface area contributed by atoms with Crippen LogP contribution < -0.4 is 10.1 Å². The largest absolute Gasteiger partial charge is 0.497 e. The fraction of sp³-hybridized carbons (Fsp3) is 0.222. The van der Waals surface area contributed by atoms with Crippen molar-refractivity contribution in [2.24, 2.45) is 0 Å². The Morgan fingerprint density at radius 2 is 1.89 bits per heavy atom. The van der Waals surface area contributed by atoms with Crippen LogP contribution in [0, 0.1) is 5.82 Å². The zero-order chi connectivity index (χ0) is 25.2. The van der Waals surface area contributed by atoms with Crippen LogP contribution >= 0.6 is 0 Å². The lowest BCUT2D eigenvalue weighted by molar-refractivity contribution is 0.0711. The number of hydrogen-bond acceptors (Lipinski definition) is 4. The van der Waals surface area contributed by atoms with Crippen LogP contribution in [0.15, 0.2) is 66.9 Å². The molecule has 184 valence electrons. The number of methoxy groups -OCH3 is 1. The number of carbonyl (C=O) groups excluding carboxylic acids is 2. The highest BCUT2D eigenvalue weighted by Gasteiger charge is 2.34. The SMILES string of the molecule is COc1ccc(NC(=O)c2nn(Cc3ccc(F)cc3)c3c2CN(C(=O)c2ccc[nH]2)C[C@H]3C)cc1. The Morgan fingerprint density at radius 1 is 1.14 bits per heavy atom. The van der Waals surface area contributed by atoms with E-state index >= 15 is 0 Å². The predicted molar refractivity (Wildman–Crippen MR) is 133 cm³/mol. The summed E-state index contributed by atoms with van der Waals surface area (Å²) in [6, 6.07) is 16.8. The fourth-order valence-corrected chi connectivity index (χ4v) is 4.61. The van der Waals surface area contributed by atoms with Gasteiger partial charge >= 0.3 is 0 Å². The van der Waals surface area contributed by atoms with Gasteiger partial charge in [-0.2, -0.15) is 5.10 Å². The minimum Gasteiger partial charge on any atom is -0.497 e. The summed E-state index contributed by atoms with van der Waals surface area (Å²) in [6.07, 6.45) is 1.71. The van der Waals surface area contributed by atoms with Gasteiger partial charge in [0.15, 0.2) is 5.69 Å². The molecule has 2 N–H and O–H groups in total. The number of amides is 2. The van der Waals surface area contributed by atoms with Crippen molar-refractivity contribution < 1.29 is 18.7 Å². The molecule has 4 aromatic rings. The maximum absolute atomic E-state index is 13.4. The van der Waals surface area contributed by atoms with Crippen LogP contribution in [0.5, 0.6) is 5.75 Å². The molecule has 8 nitrogen and oxygen atoms in total. The number of halogens is 1. The minimum atomic E-state index is -0.365. The van der Waals surface area contributed by atoms with E-state index in [4.69, 9.17) is 4.74 Å². The number of fused-ring (bicyclic) bond motifs is 1. The van der Waals surface area contributed by atoms with Crippen molar-refractivity contribution in [3.63, 3.8) is 0 Å². The van der Waals surface area contributed by atoms with Crippen molar-refractivity contribution in [2.45, 2.75) is 25.9 Å². The topological polar surface area (TPSA) is 92.2 Å². The van der Waals surface area contributed by atoms with Crippen LogP contribution in [0.25, 0.3) is 0 Å². The molecule has 0 spiro atoms. The van der Waals surface area contributed by atoms with E-state index in [1.54, 1.807) is 71.4 Å². The van der Waals surface area contributed by atoms with Gasteiger partial charge in [0.05, 0.1) is 20.2 Å². The first-order valence-corrected chi connectivity index (χ1v) is 11.6. The molecule has 36 heavy (non-hydrogen) atoms. The summed E-state index contributed by atoms with van der Waals surface area (Å²) in [4.78, 5) is 31.2. The molecule has 2 aromatic heterocycles. The van der Waals surface area contributed by atoms with Crippen LogP contribution in [0.1, 0.15) is 50.6 Å². The molecule has 0 fully saturated rings. The number of rotatable bonds is 6. The summed E-state index contributed by atoms with van der Waals surface area (Å²) in [5.74, 6) is -0.196. The van der Waals surface area contributed by atoms with Gasteiger partial charge in [-0.15, -0.1) is 0 Å². The molecule has 2 amide bonds. The van der Waals surface area contributed by atoms with Gasteiger partial charge in [-0.25, -0.2) is 4.39 Å². The number of aromatic nitrogens is 3. The molecule has 5 rings (SSSR count). The Balaban J connectivity index is 1.50. The summed E-state index contributed by atoms with van der Waals surface area (Å²) in [5, 5.41) is 7.59. The van der Waals surface area contributed by atoms with E-state index in [9.17, 15) is 14.0 Å². The molecule has 0 saturated heterocycles. The average molecular weight is 488 g/mol. The molecular formula is C27H26FN5O3. The third-order valence-electron chi connectivity index (χ3n) is 6.33. The highest BCUT2D eigenvalue weighted by atomic mass is 19.1. The van der Waals surface area contributed by atoms with Crippen LogP contribution in [0.3, 0.4) is 0 Å². The van der Waals surface area contributed by atoms with Crippen molar-refractivity contribution >= 4 is 17.5 Å². The summed E-state index contributed by atoms with van der Waals surface area (Å²) in [6.45, 7) is 3.14. The van der Waals surface area contributed by atoms with Gasteiger partial charge in [0.2, 0.25) is 0 Å². The van der Waals surface area contributed by atoms with E-state index in [0.717, 1.165) is 11.3 Å². The Kier molecular flexibility index (Phi) is 6.28. The molecule has 1 aliphatic heterocycles. The van der Waals surface area contributed by atoms with E-state index < -0.39 is 0 Å². The van der Waals surface area contributed by atoms with E-state index in [0.29, 0.717) is 35.8 Å². The molecule has 9 heteroatoms. The van der Waals surface area contributed by atoms with Crippen molar-refractivity contribution in [2.75, 3.05) is 19.0 Å². The van der Waals surface area contributed by atoms with Gasteiger partial charge < -0.3 is 19.9 Å². The lowest BCUT2D eigenvalue weighted by atomic mass is 9.95. The molecule has 2 aromatic carbocycles. The number of benzene rings is 2. The lowest BCUT2D eigenvalue weighted by Crippen LogP contribution is -2.38. The molecule has 0 aliphatic carbocycles. The zero-order valence-corrected chi connectivity index (χ0v) is 20.0. The smallest absolute Gasteiger partial charge is 0.276 e. The standard InChI is InChI=1S/C27H26FN5O3/c1-17-14-32(27(35)23-4-3-13-29-23)16-22-24(26(34)30-20-9-11-21(36-2)12-10-20)31-33(25(17)22)15-18-5-7-19(28)8-6-18/h3-13,17,29H,14-16H2,1-2H3,(H,30,34)/t17-/m1/s1. The highest BCUT2D eigenvalue weighted by Crippen LogP contribution is 2.32. The van der Waals surface area contributed by atoms with E-state index in [2.05, 4.69) is 15.4 Å². The van der Waals surface area contributed by atoms with Gasteiger partial charge in [0.25, 0.3) is 11.8 Å². The third-order valence-corrected chi connectivity index (χ3v) is 6.33. The zero-order valence-electron chi connectivity index (χ0n) is 20.0. The van der Waals surface area contributed by atoms with Gasteiger partial charge in [0.1, 0.15) is 17.3 Å². The normalized spacial score (nSPS) is 14.9. The fourth-order valence-electron chi connectivity index (χ4n) is 4.61. The Labute approximate surface area is 207 Å². The second-order valence-corrected chi connectivity index (χ2v) is 8.85. The third kappa shape index (κ3) is 4.59. The Morgan fingerprint density at radius 3 is 2.56 bits per heavy atom. The number of ether oxygens (including phenoxy) is 1. The molecular weight excluding hydrogens is 461 g/mol. The van der Waals surface area contributed by atoms with Crippen LogP contribution in [0.2, 0.25) is 0 Å². The molecule has 0 bridgehead atoms. The number of aromatic amines is 1. The van der Waals surface area contributed by atoms with Crippen LogP contribution in [0.4, 0.5) is 10.1 Å². The van der Waals surface area contributed by atoms with Gasteiger partial charge in [-0.1, -0.05) is 19.1 Å². The maximum atomic E-state index is 13.4. The summed E-state index contributed by atoms with van der Waals surface area (Å²) < 4.78 is 20.4. The first-order valence-electron chi connectivity index (χ1n) is 11.6. The minimum absolute atomic E-state index is 0.0665. The monoisotopic (exact) mass is 487 g/mol. The molecule has 0 radical (unpaired) electrons. The van der Waals surface area contributed by atoms with Crippen LogP contribution in [-0.4, -0.2) is 45.1 Å². The number of hydrogen-bond donors (Lipinski definition) is 2. The van der Waals surface area contributed by atoms with E-state index in [1.165, 1.54) is 12.1 Å². The van der Waals surface area contributed by atoms with E-state index in [-0.39, 0.29) is 35.8 Å². The number of carbonyl (C=O) groups is 2. The van der Waals surface area contributed by atoms with Crippen molar-refractivity contribution in [1.29, 1.82) is 0 Å². The Bertz CT molecular complexity index is 1380. The number of nitrogens with one attached hydrogen (secondary N) is 2. The molecule has 3 heterocycles. The highest BCUT2D eigenvalue weighted by molar-refractivity contribution is 6.04.